The van der Waals surface area contributed by atoms with Crippen molar-refractivity contribution < 1.29 is 26.4 Å². The summed E-state index contributed by atoms with van der Waals surface area (Å²) in [5, 5.41) is 0. The molecule has 162 valence electrons. The minimum Gasteiger partial charge on any atom is -0.298 e. The number of anilines is 1. The van der Waals surface area contributed by atoms with Crippen LogP contribution in [0, 0.1) is 5.92 Å². The van der Waals surface area contributed by atoms with Crippen LogP contribution >= 0.6 is 0 Å². The summed E-state index contributed by atoms with van der Waals surface area (Å²) < 4.78 is 65.9. The molecule has 1 amide bonds. The molecule has 0 unspecified atom stereocenters. The third-order valence-electron chi connectivity index (χ3n) is 5.04. The number of carbonyl (C=O) groups is 1. The Balaban J connectivity index is 1.68. The number of halogens is 3. The maximum atomic E-state index is 13.0. The molecule has 1 aliphatic rings. The van der Waals surface area contributed by atoms with Gasteiger partial charge in [0.25, 0.3) is 5.91 Å². The number of carbonyl (C=O) groups excluding carboxylic acids is 1. The molecule has 2 aromatic carbocycles. The van der Waals surface area contributed by atoms with Gasteiger partial charge in [0.2, 0.25) is 10.0 Å². The predicted octanol–water partition coefficient (Wildman–Crippen LogP) is 3.88. The molecule has 30 heavy (non-hydrogen) atoms. The highest BCUT2D eigenvalue weighted by atomic mass is 32.2. The first-order valence-electron chi connectivity index (χ1n) is 9.42. The van der Waals surface area contributed by atoms with Crippen molar-refractivity contribution in [3.8, 4) is 0 Å². The molecule has 1 saturated heterocycles. The van der Waals surface area contributed by atoms with E-state index in [9.17, 15) is 26.4 Å². The van der Waals surface area contributed by atoms with Crippen molar-refractivity contribution in [3.63, 3.8) is 0 Å². The Morgan fingerprint density at radius 1 is 1.03 bits per heavy atom. The van der Waals surface area contributed by atoms with Crippen molar-refractivity contribution in [1.29, 1.82) is 0 Å². The smallest absolute Gasteiger partial charge is 0.298 e. The Labute approximate surface area is 173 Å². The Kier molecular flexibility index (Phi) is 6.37. The lowest BCUT2D eigenvalue weighted by atomic mass is 10.0. The number of hydrogen-bond donors (Lipinski definition) is 2. The molecular weight excluding hydrogens is 419 g/mol. The third-order valence-corrected chi connectivity index (χ3v) is 6.95. The number of sulfonamides is 1. The molecule has 10 heteroatoms. The van der Waals surface area contributed by atoms with Crippen molar-refractivity contribution >= 4 is 21.6 Å². The fraction of sp³-hybridized carbons (Fsp3) is 0.350. The Morgan fingerprint density at radius 2 is 1.63 bits per heavy atom. The fourth-order valence-electron chi connectivity index (χ4n) is 3.19. The summed E-state index contributed by atoms with van der Waals surface area (Å²) in [4.78, 5) is 12.3. The second-order valence-corrected chi connectivity index (χ2v) is 9.17. The van der Waals surface area contributed by atoms with Crippen molar-refractivity contribution in [2.24, 2.45) is 5.92 Å². The second kappa shape index (κ2) is 8.65. The molecule has 3 rings (SSSR count). The van der Waals surface area contributed by atoms with Crippen molar-refractivity contribution in [1.82, 2.24) is 9.73 Å². The van der Waals surface area contributed by atoms with Crippen LogP contribution < -0.4 is 10.9 Å². The van der Waals surface area contributed by atoms with Gasteiger partial charge in [-0.05, 0) is 55.2 Å². The van der Waals surface area contributed by atoms with Crippen molar-refractivity contribution in [2.75, 3.05) is 18.5 Å². The van der Waals surface area contributed by atoms with Crippen LogP contribution in [0.1, 0.15) is 35.7 Å². The van der Waals surface area contributed by atoms with Gasteiger partial charge in [0, 0.05) is 18.7 Å². The van der Waals surface area contributed by atoms with E-state index in [2.05, 4.69) is 17.8 Å². The van der Waals surface area contributed by atoms with Crippen LogP contribution in [0.3, 0.4) is 0 Å². The van der Waals surface area contributed by atoms with E-state index in [1.165, 1.54) is 46.8 Å². The number of hydrazine groups is 1. The molecule has 0 radical (unpaired) electrons. The molecule has 1 heterocycles. The van der Waals surface area contributed by atoms with Gasteiger partial charge in [0.1, 0.15) is 0 Å². The number of amides is 1. The van der Waals surface area contributed by atoms with E-state index < -0.39 is 27.7 Å². The number of rotatable bonds is 5. The minimum absolute atomic E-state index is 0.0731. The number of para-hydroxylation sites is 1. The summed E-state index contributed by atoms with van der Waals surface area (Å²) in [5.41, 5.74) is 3.38. The van der Waals surface area contributed by atoms with E-state index in [4.69, 9.17) is 0 Å². The number of nitrogens with one attached hydrogen (secondary N) is 2. The van der Waals surface area contributed by atoms with Crippen LogP contribution in [0.4, 0.5) is 18.9 Å². The number of hydrogen-bond acceptors (Lipinski definition) is 4. The van der Waals surface area contributed by atoms with Gasteiger partial charge in [-0.2, -0.15) is 17.5 Å². The molecule has 1 aliphatic heterocycles. The summed E-state index contributed by atoms with van der Waals surface area (Å²) in [5.74, 6) is -0.208. The standard InChI is InChI=1S/C20H22F3N3O3S/c1-14-10-12-26(13-11-14)30(28,29)16-8-6-15(7-9-16)19(27)25-24-18-5-3-2-4-17(18)20(21,22)23/h2-9,14,24H,10-13H2,1H3,(H,25,27). The number of benzene rings is 2. The van der Waals surface area contributed by atoms with Gasteiger partial charge >= 0.3 is 6.18 Å². The second-order valence-electron chi connectivity index (χ2n) is 7.23. The topological polar surface area (TPSA) is 78.5 Å². The Morgan fingerprint density at radius 3 is 2.23 bits per heavy atom. The van der Waals surface area contributed by atoms with Gasteiger partial charge in [-0.25, -0.2) is 8.42 Å². The lowest BCUT2D eigenvalue weighted by Gasteiger charge is -2.29. The lowest BCUT2D eigenvalue weighted by molar-refractivity contribution is -0.137. The molecular formula is C20H22F3N3O3S. The molecule has 0 spiro atoms. The maximum absolute atomic E-state index is 13.0. The predicted molar refractivity (Wildman–Crippen MR) is 106 cm³/mol. The first-order chi connectivity index (χ1) is 14.1. The monoisotopic (exact) mass is 441 g/mol. The summed E-state index contributed by atoms with van der Waals surface area (Å²) >= 11 is 0. The zero-order valence-corrected chi connectivity index (χ0v) is 17.1. The molecule has 6 nitrogen and oxygen atoms in total. The van der Waals surface area contributed by atoms with Crippen LogP contribution in [0.15, 0.2) is 53.4 Å². The van der Waals surface area contributed by atoms with Gasteiger partial charge in [0.05, 0.1) is 16.1 Å². The van der Waals surface area contributed by atoms with Crippen LogP contribution in [0.25, 0.3) is 0 Å². The van der Waals surface area contributed by atoms with E-state index >= 15 is 0 Å². The third kappa shape index (κ3) is 4.93. The summed E-state index contributed by atoms with van der Waals surface area (Å²) in [6.45, 7) is 2.99. The van der Waals surface area contributed by atoms with Crippen molar-refractivity contribution in [2.45, 2.75) is 30.8 Å². The van der Waals surface area contributed by atoms with Gasteiger partial charge in [-0.3, -0.25) is 15.6 Å². The van der Waals surface area contributed by atoms with Crippen LogP contribution in [0.2, 0.25) is 0 Å². The van der Waals surface area contributed by atoms with Gasteiger partial charge < -0.3 is 0 Å². The average molecular weight is 441 g/mol. The molecule has 2 aromatic rings. The lowest BCUT2D eigenvalue weighted by Crippen LogP contribution is -2.37. The highest BCUT2D eigenvalue weighted by Gasteiger charge is 2.33. The molecule has 0 atom stereocenters. The summed E-state index contributed by atoms with van der Waals surface area (Å²) in [6.07, 6.45) is -2.98. The van der Waals surface area contributed by atoms with Crippen LogP contribution in [0.5, 0.6) is 0 Å². The highest BCUT2D eigenvalue weighted by molar-refractivity contribution is 7.89. The van der Waals surface area contributed by atoms with E-state index in [1.807, 2.05) is 0 Å². The van der Waals surface area contributed by atoms with Gasteiger partial charge in [-0.1, -0.05) is 19.1 Å². The van der Waals surface area contributed by atoms with Crippen LogP contribution in [-0.2, 0) is 16.2 Å². The molecule has 0 aliphatic carbocycles. The molecule has 0 aromatic heterocycles. The molecule has 0 saturated carbocycles. The number of piperidine rings is 1. The maximum Gasteiger partial charge on any atom is 0.418 e. The average Bonchev–Trinajstić information content (AvgIpc) is 2.72. The zero-order chi connectivity index (χ0) is 21.9. The number of nitrogens with zero attached hydrogens (tertiary/aromatic N) is 1. The molecule has 2 N–H and O–H groups in total. The Bertz CT molecular complexity index is 1000. The minimum atomic E-state index is -4.57. The zero-order valence-electron chi connectivity index (χ0n) is 16.2. The largest absolute Gasteiger partial charge is 0.418 e. The van der Waals surface area contributed by atoms with Crippen LogP contribution in [-0.4, -0.2) is 31.7 Å². The molecule has 0 bridgehead atoms. The summed E-state index contributed by atoms with van der Waals surface area (Å²) in [6, 6.07) is 10.0. The quantitative estimate of drug-likeness (QED) is 0.691. The first-order valence-corrected chi connectivity index (χ1v) is 10.9. The van der Waals surface area contributed by atoms with E-state index in [0.717, 1.165) is 18.9 Å². The molecule has 1 fully saturated rings. The van der Waals surface area contributed by atoms with Gasteiger partial charge in [-0.15, -0.1) is 0 Å². The highest BCUT2D eigenvalue weighted by Crippen LogP contribution is 2.34. The fourth-order valence-corrected chi connectivity index (χ4v) is 4.66. The van der Waals surface area contributed by atoms with Crippen molar-refractivity contribution in [3.05, 3.63) is 59.7 Å². The summed E-state index contributed by atoms with van der Waals surface area (Å²) in [7, 11) is -3.64. The number of alkyl halides is 3. The van der Waals surface area contributed by atoms with E-state index in [0.29, 0.717) is 19.0 Å². The Hall–Kier alpha value is -2.59. The van der Waals surface area contributed by atoms with E-state index in [1.54, 1.807) is 0 Å². The van der Waals surface area contributed by atoms with Gasteiger partial charge in [0.15, 0.2) is 0 Å². The SMILES string of the molecule is CC1CCN(S(=O)(=O)c2ccc(C(=O)NNc3ccccc3C(F)(F)F)cc2)CC1. The van der Waals surface area contributed by atoms with E-state index in [-0.39, 0.29) is 16.1 Å². The normalized spacial score (nSPS) is 16.3. The first kappa shape index (κ1) is 22.1.